The lowest BCUT2D eigenvalue weighted by Crippen LogP contribution is -2.00. The predicted molar refractivity (Wildman–Crippen MR) is 110 cm³/mol. The Morgan fingerprint density at radius 1 is 0.964 bits per heavy atom. The monoisotopic (exact) mass is 390 g/mol. The van der Waals surface area contributed by atoms with E-state index in [1.54, 1.807) is 13.3 Å². The largest absolute Gasteiger partial charge is 0.497 e. The number of benzene rings is 2. The van der Waals surface area contributed by atoms with Gasteiger partial charge in [-0.2, -0.15) is 9.36 Å². The highest BCUT2D eigenvalue weighted by molar-refractivity contribution is 7.09. The van der Waals surface area contributed by atoms with Crippen molar-refractivity contribution in [3.05, 3.63) is 78.5 Å². The summed E-state index contributed by atoms with van der Waals surface area (Å²) in [7, 11) is 1.63. The van der Waals surface area contributed by atoms with E-state index in [1.807, 2.05) is 66.7 Å². The van der Waals surface area contributed by atoms with Crippen LogP contribution < -0.4 is 14.8 Å². The molecule has 0 saturated heterocycles. The molecule has 4 aromatic rings. The Morgan fingerprint density at radius 3 is 2.54 bits per heavy atom. The smallest absolute Gasteiger partial charge is 0.219 e. The fraction of sp³-hybridized carbons (Fsp3) is 0.0952. The van der Waals surface area contributed by atoms with E-state index in [0.717, 1.165) is 27.8 Å². The van der Waals surface area contributed by atoms with Gasteiger partial charge in [0.2, 0.25) is 11.0 Å². The normalized spacial score (nSPS) is 10.5. The molecule has 0 unspecified atom stereocenters. The van der Waals surface area contributed by atoms with Crippen LogP contribution in [0.3, 0.4) is 0 Å². The molecule has 2 aromatic carbocycles. The topological polar surface area (TPSA) is 69.2 Å². The summed E-state index contributed by atoms with van der Waals surface area (Å²) >= 11 is 1.34. The van der Waals surface area contributed by atoms with Crippen molar-refractivity contribution in [1.29, 1.82) is 0 Å². The number of ether oxygens (including phenoxy) is 2. The van der Waals surface area contributed by atoms with Gasteiger partial charge in [-0.05, 0) is 35.9 Å². The zero-order valence-corrected chi connectivity index (χ0v) is 16.0. The van der Waals surface area contributed by atoms with E-state index in [2.05, 4.69) is 19.7 Å². The number of hydrogen-bond acceptors (Lipinski definition) is 7. The van der Waals surface area contributed by atoms with Crippen LogP contribution >= 0.6 is 11.5 Å². The van der Waals surface area contributed by atoms with Crippen LogP contribution in [-0.2, 0) is 6.54 Å². The minimum Gasteiger partial charge on any atom is -0.497 e. The molecule has 4 rings (SSSR count). The van der Waals surface area contributed by atoms with Crippen LogP contribution in [0.1, 0.15) is 5.56 Å². The maximum Gasteiger partial charge on any atom is 0.219 e. The number of anilines is 1. The molecule has 0 aliphatic rings. The molecule has 0 aliphatic carbocycles. The molecule has 0 atom stereocenters. The molecule has 0 fully saturated rings. The Morgan fingerprint density at radius 2 is 1.75 bits per heavy atom. The number of pyridine rings is 1. The van der Waals surface area contributed by atoms with Gasteiger partial charge in [-0.15, -0.1) is 0 Å². The van der Waals surface area contributed by atoms with Crippen molar-refractivity contribution < 1.29 is 9.47 Å². The molecule has 0 radical (unpaired) electrons. The Kier molecular flexibility index (Phi) is 5.44. The number of nitrogens with one attached hydrogen (secondary N) is 1. The first-order chi connectivity index (χ1) is 13.8. The molecule has 0 amide bonds. The number of hydrogen-bond donors (Lipinski definition) is 1. The predicted octanol–water partition coefficient (Wildman–Crippen LogP) is 5.01. The molecule has 2 heterocycles. The van der Waals surface area contributed by atoms with E-state index in [1.165, 1.54) is 11.5 Å². The second kappa shape index (κ2) is 8.49. The van der Waals surface area contributed by atoms with E-state index in [4.69, 9.17) is 9.47 Å². The summed E-state index contributed by atoms with van der Waals surface area (Å²) < 4.78 is 15.4. The maximum atomic E-state index is 5.81. The summed E-state index contributed by atoms with van der Waals surface area (Å²) in [4.78, 5) is 8.81. The van der Waals surface area contributed by atoms with Crippen molar-refractivity contribution in [3.8, 4) is 28.8 Å². The molecule has 28 heavy (non-hydrogen) atoms. The molecule has 0 saturated carbocycles. The highest BCUT2D eigenvalue weighted by atomic mass is 32.1. The molecule has 1 N–H and O–H groups in total. The van der Waals surface area contributed by atoms with E-state index in [0.29, 0.717) is 18.2 Å². The molecule has 2 aromatic heterocycles. The van der Waals surface area contributed by atoms with Crippen LogP contribution in [0.2, 0.25) is 0 Å². The fourth-order valence-corrected chi connectivity index (χ4v) is 3.14. The molecular formula is C21H18N4O2S. The van der Waals surface area contributed by atoms with Crippen LogP contribution in [0.25, 0.3) is 11.4 Å². The standard InChI is InChI=1S/C21H18N4O2S/c1-26-17-7-9-18(10-8-17)27-19-13-15(11-12-22-19)14-23-21-24-20(25-28-21)16-5-3-2-4-6-16/h2-13H,14H2,1H3,(H,23,24,25). The van der Waals surface area contributed by atoms with E-state index >= 15 is 0 Å². The van der Waals surface area contributed by atoms with Gasteiger partial charge in [-0.1, -0.05) is 30.3 Å². The van der Waals surface area contributed by atoms with Gasteiger partial charge in [0, 0.05) is 35.9 Å². The van der Waals surface area contributed by atoms with E-state index in [9.17, 15) is 0 Å². The van der Waals surface area contributed by atoms with Crippen LogP contribution in [0, 0.1) is 0 Å². The van der Waals surface area contributed by atoms with Crippen molar-refractivity contribution in [1.82, 2.24) is 14.3 Å². The molecular weight excluding hydrogens is 372 g/mol. The summed E-state index contributed by atoms with van der Waals surface area (Å²) in [5, 5.41) is 4.07. The minimum absolute atomic E-state index is 0.534. The van der Waals surface area contributed by atoms with Crippen LogP contribution in [0.4, 0.5) is 5.13 Å². The lowest BCUT2D eigenvalue weighted by molar-refractivity contribution is 0.412. The molecule has 0 spiro atoms. The summed E-state index contributed by atoms with van der Waals surface area (Å²) in [6.45, 7) is 0.602. The fourth-order valence-electron chi connectivity index (χ4n) is 2.56. The van der Waals surface area contributed by atoms with Gasteiger partial charge in [0.15, 0.2) is 5.82 Å². The Labute approximate surface area is 167 Å². The zero-order valence-electron chi connectivity index (χ0n) is 15.2. The highest BCUT2D eigenvalue weighted by Crippen LogP contribution is 2.24. The third-order valence-electron chi connectivity index (χ3n) is 3.98. The third kappa shape index (κ3) is 4.44. The average molecular weight is 390 g/mol. The molecule has 0 aliphatic heterocycles. The van der Waals surface area contributed by atoms with Crippen molar-refractivity contribution in [3.63, 3.8) is 0 Å². The second-order valence-electron chi connectivity index (χ2n) is 5.92. The van der Waals surface area contributed by atoms with Gasteiger partial charge in [0.1, 0.15) is 11.5 Å². The van der Waals surface area contributed by atoms with Gasteiger partial charge in [0.05, 0.1) is 7.11 Å². The van der Waals surface area contributed by atoms with Crippen LogP contribution in [-0.4, -0.2) is 21.5 Å². The van der Waals surface area contributed by atoms with Gasteiger partial charge in [-0.25, -0.2) is 4.98 Å². The number of nitrogens with zero attached hydrogens (tertiary/aromatic N) is 3. The first-order valence-corrected chi connectivity index (χ1v) is 9.47. The first-order valence-electron chi connectivity index (χ1n) is 8.70. The summed E-state index contributed by atoms with van der Waals surface area (Å²) in [6.07, 6.45) is 1.73. The van der Waals surface area contributed by atoms with Crippen molar-refractivity contribution in [2.24, 2.45) is 0 Å². The van der Waals surface area contributed by atoms with Gasteiger partial charge >= 0.3 is 0 Å². The summed E-state index contributed by atoms with van der Waals surface area (Å²) in [5.74, 6) is 2.75. The molecule has 140 valence electrons. The van der Waals surface area contributed by atoms with Crippen LogP contribution in [0.5, 0.6) is 17.4 Å². The van der Waals surface area contributed by atoms with Gasteiger partial charge in [-0.3, -0.25) is 0 Å². The van der Waals surface area contributed by atoms with E-state index in [-0.39, 0.29) is 0 Å². The lowest BCUT2D eigenvalue weighted by atomic mass is 10.2. The van der Waals surface area contributed by atoms with Gasteiger partial charge in [0.25, 0.3) is 0 Å². The first kappa shape index (κ1) is 17.9. The maximum absolute atomic E-state index is 5.81. The quantitative estimate of drug-likeness (QED) is 0.478. The lowest BCUT2D eigenvalue weighted by Gasteiger charge is -2.08. The SMILES string of the molecule is COc1ccc(Oc2cc(CNc3nc(-c4ccccc4)ns3)ccn2)cc1. The third-order valence-corrected chi connectivity index (χ3v) is 4.66. The Hall–Kier alpha value is -3.45. The number of methoxy groups -OCH3 is 1. The minimum atomic E-state index is 0.534. The Balaban J connectivity index is 1.39. The summed E-state index contributed by atoms with van der Waals surface area (Å²) in [5.41, 5.74) is 2.04. The van der Waals surface area contributed by atoms with E-state index < -0.39 is 0 Å². The van der Waals surface area contributed by atoms with Crippen LogP contribution in [0.15, 0.2) is 72.9 Å². The van der Waals surface area contributed by atoms with Crippen molar-refractivity contribution in [2.75, 3.05) is 12.4 Å². The second-order valence-corrected chi connectivity index (χ2v) is 6.67. The Bertz CT molecular complexity index is 1040. The molecule has 0 bridgehead atoms. The average Bonchev–Trinajstić information content (AvgIpc) is 3.23. The summed E-state index contributed by atoms with van der Waals surface area (Å²) in [6, 6.07) is 21.1. The van der Waals surface area contributed by atoms with Crippen molar-refractivity contribution in [2.45, 2.75) is 6.54 Å². The molecule has 7 heteroatoms. The molecule has 6 nitrogen and oxygen atoms in total. The zero-order chi connectivity index (χ0) is 19.2. The number of aromatic nitrogens is 3. The highest BCUT2D eigenvalue weighted by Gasteiger charge is 2.07. The van der Waals surface area contributed by atoms with Gasteiger partial charge < -0.3 is 14.8 Å². The number of rotatable bonds is 7. The van der Waals surface area contributed by atoms with Crippen molar-refractivity contribution >= 4 is 16.7 Å².